The Hall–Kier alpha value is -2.17. The van der Waals surface area contributed by atoms with Gasteiger partial charge in [0.1, 0.15) is 0 Å². The van der Waals surface area contributed by atoms with Crippen LogP contribution in [0.1, 0.15) is 42.5 Å². The molecule has 0 radical (unpaired) electrons. The minimum atomic E-state index is -0.0614. The van der Waals surface area contributed by atoms with Crippen LogP contribution < -0.4 is 5.32 Å². The summed E-state index contributed by atoms with van der Waals surface area (Å²) in [6.45, 7) is 10.9. The first kappa shape index (κ1) is 16.2. The van der Waals surface area contributed by atoms with Gasteiger partial charge >= 0.3 is 0 Å². The van der Waals surface area contributed by atoms with Crippen molar-refractivity contribution in [1.82, 2.24) is 19.9 Å². The van der Waals surface area contributed by atoms with E-state index in [0.717, 1.165) is 11.4 Å². The molecule has 22 heavy (non-hydrogen) atoms. The summed E-state index contributed by atoms with van der Waals surface area (Å²) in [5, 5.41) is 3.15. The average Bonchev–Trinajstić information content (AvgIpc) is 2.88. The van der Waals surface area contributed by atoms with Gasteiger partial charge in [0.25, 0.3) is 5.91 Å². The normalized spacial score (nSPS) is 13.0. The third kappa shape index (κ3) is 4.16. The maximum Gasteiger partial charge on any atom is 0.251 e. The standard InChI is InChI=1S/C17H24N4O/c1-12-8-14(9-13(2)19-12)16(22)20-15(17(3,4)5)10-21-7-6-18-11-21/h6-9,11,15H,10H2,1-5H3,(H,20,22)/t15-/m0/s1. The molecule has 5 heteroatoms. The van der Waals surface area contributed by atoms with Crippen LogP contribution in [0.2, 0.25) is 0 Å². The molecule has 5 nitrogen and oxygen atoms in total. The van der Waals surface area contributed by atoms with Crippen LogP contribution in [0.25, 0.3) is 0 Å². The zero-order valence-corrected chi connectivity index (χ0v) is 13.9. The summed E-state index contributed by atoms with van der Waals surface area (Å²) in [5.74, 6) is -0.0614. The largest absolute Gasteiger partial charge is 0.347 e. The van der Waals surface area contributed by atoms with Gasteiger partial charge in [-0.25, -0.2) is 4.98 Å². The van der Waals surface area contributed by atoms with Gasteiger partial charge < -0.3 is 9.88 Å². The summed E-state index contributed by atoms with van der Waals surface area (Å²) < 4.78 is 1.99. The topological polar surface area (TPSA) is 59.8 Å². The number of aromatic nitrogens is 3. The van der Waals surface area contributed by atoms with Crippen molar-refractivity contribution in [3.8, 4) is 0 Å². The van der Waals surface area contributed by atoms with Gasteiger partial charge in [-0.15, -0.1) is 0 Å². The van der Waals surface area contributed by atoms with Crippen LogP contribution in [-0.4, -0.2) is 26.5 Å². The summed E-state index contributed by atoms with van der Waals surface area (Å²) in [4.78, 5) is 20.9. The lowest BCUT2D eigenvalue weighted by molar-refractivity contribution is 0.0892. The van der Waals surface area contributed by atoms with E-state index in [1.54, 1.807) is 12.5 Å². The number of carbonyl (C=O) groups is 1. The lowest BCUT2D eigenvalue weighted by Gasteiger charge is -2.31. The molecule has 0 fully saturated rings. The number of hydrogen-bond donors (Lipinski definition) is 1. The molecule has 2 rings (SSSR count). The molecule has 0 saturated heterocycles. The third-order valence-corrected chi connectivity index (χ3v) is 3.65. The van der Waals surface area contributed by atoms with Crippen molar-refractivity contribution in [2.45, 2.75) is 47.2 Å². The van der Waals surface area contributed by atoms with E-state index in [9.17, 15) is 4.79 Å². The molecule has 1 N–H and O–H groups in total. The van der Waals surface area contributed by atoms with Crippen LogP contribution in [0.4, 0.5) is 0 Å². The van der Waals surface area contributed by atoms with Crippen molar-refractivity contribution in [3.63, 3.8) is 0 Å². The summed E-state index contributed by atoms with van der Waals surface area (Å²) in [6.07, 6.45) is 5.42. The minimum absolute atomic E-state index is 0.00276. The molecule has 2 heterocycles. The van der Waals surface area contributed by atoms with E-state index in [0.29, 0.717) is 12.1 Å². The number of pyridine rings is 1. The highest BCUT2D eigenvalue weighted by atomic mass is 16.1. The van der Waals surface area contributed by atoms with Gasteiger partial charge in [0.15, 0.2) is 0 Å². The molecule has 0 bridgehead atoms. The molecule has 1 atom stereocenters. The van der Waals surface area contributed by atoms with Crippen molar-refractivity contribution >= 4 is 5.91 Å². The fourth-order valence-electron chi connectivity index (χ4n) is 2.35. The van der Waals surface area contributed by atoms with E-state index in [1.165, 1.54) is 0 Å². The molecule has 2 aromatic heterocycles. The molecule has 1 amide bonds. The maximum absolute atomic E-state index is 12.6. The summed E-state index contributed by atoms with van der Waals surface area (Å²) in [5.41, 5.74) is 2.31. The van der Waals surface area contributed by atoms with E-state index >= 15 is 0 Å². The van der Waals surface area contributed by atoms with E-state index in [-0.39, 0.29) is 17.4 Å². The maximum atomic E-state index is 12.6. The molecule has 0 saturated carbocycles. The van der Waals surface area contributed by atoms with Crippen LogP contribution in [0.5, 0.6) is 0 Å². The number of aryl methyl sites for hydroxylation is 2. The minimum Gasteiger partial charge on any atom is -0.347 e. The smallest absolute Gasteiger partial charge is 0.251 e. The Morgan fingerprint density at radius 1 is 1.27 bits per heavy atom. The Morgan fingerprint density at radius 2 is 1.91 bits per heavy atom. The summed E-state index contributed by atoms with van der Waals surface area (Å²) in [6, 6.07) is 3.64. The van der Waals surface area contributed by atoms with E-state index in [2.05, 4.69) is 36.1 Å². The van der Waals surface area contributed by atoms with Gasteiger partial charge in [-0.1, -0.05) is 20.8 Å². The molecule has 0 aromatic carbocycles. The molecule has 118 valence electrons. The van der Waals surface area contributed by atoms with Gasteiger partial charge in [-0.05, 0) is 31.4 Å². The molecule has 2 aromatic rings. The number of nitrogens with zero attached hydrogens (tertiary/aromatic N) is 3. The van der Waals surface area contributed by atoms with Crippen molar-refractivity contribution < 1.29 is 4.79 Å². The lowest BCUT2D eigenvalue weighted by atomic mass is 9.86. The Morgan fingerprint density at radius 3 is 2.41 bits per heavy atom. The Kier molecular flexibility index (Phi) is 4.64. The van der Waals surface area contributed by atoms with Crippen molar-refractivity contribution in [2.75, 3.05) is 0 Å². The first-order valence-electron chi connectivity index (χ1n) is 7.47. The first-order chi connectivity index (χ1) is 10.3. The first-order valence-corrected chi connectivity index (χ1v) is 7.47. The monoisotopic (exact) mass is 300 g/mol. The predicted molar refractivity (Wildman–Crippen MR) is 86.6 cm³/mol. The Balaban J connectivity index is 2.17. The second-order valence-electron chi connectivity index (χ2n) is 6.79. The van der Waals surface area contributed by atoms with Crippen LogP contribution in [-0.2, 0) is 6.54 Å². The molecule has 0 aliphatic rings. The van der Waals surface area contributed by atoms with Crippen LogP contribution in [0.15, 0.2) is 30.9 Å². The van der Waals surface area contributed by atoms with Gasteiger partial charge in [0.05, 0.1) is 12.4 Å². The number of imidazole rings is 1. The van der Waals surface area contributed by atoms with Gasteiger partial charge in [-0.2, -0.15) is 0 Å². The number of rotatable bonds is 4. The highest BCUT2D eigenvalue weighted by Crippen LogP contribution is 2.21. The lowest BCUT2D eigenvalue weighted by Crippen LogP contribution is -2.46. The van der Waals surface area contributed by atoms with Crippen LogP contribution in [0.3, 0.4) is 0 Å². The van der Waals surface area contributed by atoms with Crippen LogP contribution >= 0.6 is 0 Å². The van der Waals surface area contributed by atoms with E-state index in [1.807, 2.05) is 36.7 Å². The fraction of sp³-hybridized carbons (Fsp3) is 0.471. The Bertz CT molecular complexity index is 621. The van der Waals surface area contributed by atoms with Crippen molar-refractivity contribution in [2.24, 2.45) is 5.41 Å². The fourth-order valence-corrected chi connectivity index (χ4v) is 2.35. The highest BCUT2D eigenvalue weighted by molar-refractivity contribution is 5.94. The van der Waals surface area contributed by atoms with E-state index < -0.39 is 0 Å². The molecule has 0 aliphatic heterocycles. The molecular weight excluding hydrogens is 276 g/mol. The summed E-state index contributed by atoms with van der Waals surface area (Å²) in [7, 11) is 0. The molecule has 0 spiro atoms. The zero-order valence-electron chi connectivity index (χ0n) is 13.9. The van der Waals surface area contributed by atoms with Crippen LogP contribution in [0, 0.1) is 19.3 Å². The number of nitrogens with one attached hydrogen (secondary N) is 1. The van der Waals surface area contributed by atoms with Crippen molar-refractivity contribution in [3.05, 3.63) is 47.8 Å². The van der Waals surface area contributed by atoms with Gasteiger partial charge in [0, 0.05) is 35.9 Å². The number of amides is 1. The predicted octanol–water partition coefficient (Wildman–Crippen LogP) is 2.74. The number of hydrogen-bond acceptors (Lipinski definition) is 3. The second kappa shape index (κ2) is 6.30. The highest BCUT2D eigenvalue weighted by Gasteiger charge is 2.27. The summed E-state index contributed by atoms with van der Waals surface area (Å²) >= 11 is 0. The molecule has 0 unspecified atom stereocenters. The SMILES string of the molecule is Cc1cc(C(=O)N[C@@H](Cn2ccnc2)C(C)(C)C)cc(C)n1. The Labute approximate surface area is 131 Å². The second-order valence-corrected chi connectivity index (χ2v) is 6.79. The third-order valence-electron chi connectivity index (χ3n) is 3.65. The van der Waals surface area contributed by atoms with Gasteiger partial charge in [-0.3, -0.25) is 9.78 Å². The average molecular weight is 300 g/mol. The quantitative estimate of drug-likeness (QED) is 0.944. The molecule has 0 aliphatic carbocycles. The van der Waals surface area contributed by atoms with E-state index in [4.69, 9.17) is 0 Å². The number of carbonyl (C=O) groups excluding carboxylic acids is 1. The molecular formula is C17H24N4O. The zero-order chi connectivity index (χ0) is 16.3. The van der Waals surface area contributed by atoms with Gasteiger partial charge in [0.2, 0.25) is 0 Å². The van der Waals surface area contributed by atoms with Crippen molar-refractivity contribution in [1.29, 1.82) is 0 Å².